The van der Waals surface area contributed by atoms with Crippen LogP contribution in [0, 0.1) is 12.3 Å². The second kappa shape index (κ2) is 9.49. The van der Waals surface area contributed by atoms with Gasteiger partial charge < -0.3 is 34.7 Å². The molecule has 2 aromatic rings. The van der Waals surface area contributed by atoms with Gasteiger partial charge >= 0.3 is 6.01 Å². The summed E-state index contributed by atoms with van der Waals surface area (Å²) in [5, 5.41) is 11.2. The Morgan fingerprint density at radius 2 is 2.00 bits per heavy atom. The van der Waals surface area contributed by atoms with Crippen molar-refractivity contribution in [2.24, 2.45) is 0 Å². The Hall–Kier alpha value is -2.91. The molecule has 0 aliphatic carbocycles. The number of aromatic nitrogens is 2. The van der Waals surface area contributed by atoms with E-state index in [2.05, 4.69) is 32.1 Å². The summed E-state index contributed by atoms with van der Waals surface area (Å²) in [7, 11) is 3.69. The van der Waals surface area contributed by atoms with Crippen molar-refractivity contribution in [2.75, 3.05) is 63.8 Å². The lowest BCUT2D eigenvalue weighted by molar-refractivity contribution is 0.141. The van der Waals surface area contributed by atoms with Gasteiger partial charge in [0.2, 0.25) is 0 Å². The fourth-order valence-corrected chi connectivity index (χ4v) is 3.75. The highest BCUT2D eigenvalue weighted by Gasteiger charge is 2.20. The molecule has 0 amide bonds. The van der Waals surface area contributed by atoms with Crippen LogP contribution in [0.25, 0.3) is 0 Å². The second-order valence-electron chi connectivity index (χ2n) is 7.97. The Morgan fingerprint density at radius 1 is 1.19 bits per heavy atom. The number of nitrogens with one attached hydrogen (secondary N) is 2. The summed E-state index contributed by atoms with van der Waals surface area (Å²) < 4.78 is 16.9. The first kappa shape index (κ1) is 21.3. The number of methoxy groups -OCH3 is 1. The van der Waals surface area contributed by atoms with Gasteiger partial charge in [-0.3, -0.25) is 0 Å². The number of aryl methyl sites for hydroxylation is 1. The standard InChI is InChI=1S/C22H30N6O3/c1-15-10-16(13-23)18(11-19(15)31-17-4-9-30-14-17)24-20-12-21(26-22(25-20)29-3)28-7-5-27(2)6-8-28/h10-13,17,23H,4-9,14H2,1-3H3,(H,24,25,26)/t17-/m0/s1. The van der Waals surface area contributed by atoms with E-state index in [1.807, 2.05) is 25.1 Å². The van der Waals surface area contributed by atoms with Crippen LogP contribution in [0.3, 0.4) is 0 Å². The lowest BCUT2D eigenvalue weighted by Crippen LogP contribution is -2.44. The third-order valence-corrected chi connectivity index (χ3v) is 5.65. The third-order valence-electron chi connectivity index (χ3n) is 5.65. The molecule has 1 aromatic heterocycles. The molecule has 166 valence electrons. The van der Waals surface area contributed by atoms with E-state index < -0.39 is 0 Å². The number of ether oxygens (including phenoxy) is 3. The second-order valence-corrected chi connectivity index (χ2v) is 7.97. The number of anilines is 3. The summed E-state index contributed by atoms with van der Waals surface area (Å²) in [6.07, 6.45) is 2.27. The maximum Gasteiger partial charge on any atom is 0.320 e. The van der Waals surface area contributed by atoms with Crippen LogP contribution in [0.15, 0.2) is 18.2 Å². The first-order valence-electron chi connectivity index (χ1n) is 10.6. The van der Waals surface area contributed by atoms with E-state index in [1.165, 1.54) is 6.21 Å². The SMILES string of the molecule is COc1nc(Nc2cc(O[C@H]3CCOC3)c(C)cc2C=N)cc(N2CCN(C)CC2)n1. The lowest BCUT2D eigenvalue weighted by atomic mass is 10.1. The minimum absolute atomic E-state index is 0.0559. The maximum absolute atomic E-state index is 7.85. The Labute approximate surface area is 182 Å². The van der Waals surface area contributed by atoms with Crippen LogP contribution in [0.1, 0.15) is 17.5 Å². The average Bonchev–Trinajstić information content (AvgIpc) is 3.29. The zero-order valence-electron chi connectivity index (χ0n) is 18.4. The molecule has 2 aliphatic rings. The highest BCUT2D eigenvalue weighted by atomic mass is 16.5. The molecule has 2 aliphatic heterocycles. The zero-order chi connectivity index (χ0) is 21.8. The molecule has 2 saturated heterocycles. The van der Waals surface area contributed by atoms with E-state index in [4.69, 9.17) is 19.6 Å². The van der Waals surface area contributed by atoms with Crippen LogP contribution < -0.4 is 19.7 Å². The summed E-state index contributed by atoms with van der Waals surface area (Å²) in [5.74, 6) is 2.22. The minimum atomic E-state index is 0.0559. The number of hydrogen-bond donors (Lipinski definition) is 2. The Kier molecular flexibility index (Phi) is 6.53. The van der Waals surface area contributed by atoms with Crippen LogP contribution in [0.2, 0.25) is 0 Å². The van der Waals surface area contributed by atoms with E-state index in [1.54, 1.807) is 7.11 Å². The van der Waals surface area contributed by atoms with Crippen LogP contribution in [-0.2, 0) is 4.74 Å². The van der Waals surface area contributed by atoms with E-state index >= 15 is 0 Å². The average molecular weight is 427 g/mol. The highest BCUT2D eigenvalue weighted by molar-refractivity contribution is 5.88. The number of likely N-dealkylation sites (N-methyl/N-ethyl adjacent to an activating group) is 1. The predicted octanol–water partition coefficient (Wildman–Crippen LogP) is 2.45. The van der Waals surface area contributed by atoms with Crippen molar-refractivity contribution in [1.29, 1.82) is 5.41 Å². The molecule has 9 nitrogen and oxygen atoms in total. The summed E-state index contributed by atoms with van der Waals surface area (Å²) in [6, 6.07) is 6.10. The van der Waals surface area contributed by atoms with Crippen LogP contribution >= 0.6 is 0 Å². The molecule has 4 rings (SSSR count). The maximum atomic E-state index is 7.85. The van der Waals surface area contributed by atoms with Gasteiger partial charge in [-0.1, -0.05) is 0 Å². The summed E-state index contributed by atoms with van der Waals surface area (Å²) >= 11 is 0. The molecule has 9 heteroatoms. The molecule has 1 aromatic carbocycles. The van der Waals surface area contributed by atoms with Crippen LogP contribution in [-0.4, -0.2) is 80.7 Å². The van der Waals surface area contributed by atoms with Crippen molar-refractivity contribution in [3.63, 3.8) is 0 Å². The van der Waals surface area contributed by atoms with Crippen molar-refractivity contribution in [1.82, 2.24) is 14.9 Å². The van der Waals surface area contributed by atoms with Crippen molar-refractivity contribution < 1.29 is 14.2 Å². The third kappa shape index (κ3) is 5.05. The van der Waals surface area contributed by atoms with E-state index in [9.17, 15) is 0 Å². The molecule has 0 spiro atoms. The summed E-state index contributed by atoms with van der Waals surface area (Å²) in [5.41, 5.74) is 2.49. The highest BCUT2D eigenvalue weighted by Crippen LogP contribution is 2.31. The van der Waals surface area contributed by atoms with Gasteiger partial charge in [-0.05, 0) is 25.6 Å². The first-order valence-corrected chi connectivity index (χ1v) is 10.6. The summed E-state index contributed by atoms with van der Waals surface area (Å²) in [4.78, 5) is 13.5. The molecule has 1 atom stereocenters. The Balaban J connectivity index is 1.61. The number of benzene rings is 1. The van der Waals surface area contributed by atoms with Gasteiger partial charge in [0.25, 0.3) is 0 Å². The number of hydrogen-bond acceptors (Lipinski definition) is 9. The number of piperazine rings is 1. The molecule has 31 heavy (non-hydrogen) atoms. The van der Waals surface area contributed by atoms with E-state index in [0.717, 1.165) is 67.6 Å². The Bertz CT molecular complexity index is 924. The van der Waals surface area contributed by atoms with Crippen molar-refractivity contribution >= 4 is 23.5 Å². The number of rotatable bonds is 7. The van der Waals surface area contributed by atoms with Crippen LogP contribution in [0.5, 0.6) is 11.8 Å². The fourth-order valence-electron chi connectivity index (χ4n) is 3.75. The van der Waals surface area contributed by atoms with Gasteiger partial charge in [-0.2, -0.15) is 9.97 Å². The van der Waals surface area contributed by atoms with Gasteiger partial charge in [0.15, 0.2) is 0 Å². The van der Waals surface area contributed by atoms with E-state index in [0.29, 0.717) is 18.4 Å². The van der Waals surface area contributed by atoms with Gasteiger partial charge in [0.05, 0.1) is 26.0 Å². The molecule has 2 fully saturated rings. The zero-order valence-corrected chi connectivity index (χ0v) is 18.4. The van der Waals surface area contributed by atoms with Crippen LogP contribution in [0.4, 0.5) is 17.3 Å². The predicted molar refractivity (Wildman–Crippen MR) is 120 cm³/mol. The topological polar surface area (TPSA) is 95.8 Å². The largest absolute Gasteiger partial charge is 0.488 e. The van der Waals surface area contributed by atoms with Gasteiger partial charge in [-0.25, -0.2) is 0 Å². The normalized spacial score (nSPS) is 19.3. The van der Waals surface area contributed by atoms with Crippen molar-refractivity contribution in [2.45, 2.75) is 19.4 Å². The molecule has 0 unspecified atom stereocenters. The monoisotopic (exact) mass is 426 g/mol. The quantitative estimate of drug-likeness (QED) is 0.652. The smallest absolute Gasteiger partial charge is 0.320 e. The molecule has 0 bridgehead atoms. The van der Waals surface area contributed by atoms with Gasteiger partial charge in [-0.15, -0.1) is 0 Å². The molecule has 0 radical (unpaired) electrons. The summed E-state index contributed by atoms with van der Waals surface area (Å²) in [6.45, 7) is 7.07. The molecular weight excluding hydrogens is 396 g/mol. The molecule has 2 N–H and O–H groups in total. The van der Waals surface area contributed by atoms with Crippen molar-refractivity contribution in [3.05, 3.63) is 29.3 Å². The lowest BCUT2D eigenvalue weighted by Gasteiger charge is -2.33. The van der Waals surface area contributed by atoms with E-state index in [-0.39, 0.29) is 6.10 Å². The molecular formula is C22H30N6O3. The fraction of sp³-hybridized carbons (Fsp3) is 0.500. The first-order chi connectivity index (χ1) is 15.1. The van der Waals surface area contributed by atoms with Gasteiger partial charge in [0, 0.05) is 56.5 Å². The molecule has 3 heterocycles. The van der Waals surface area contributed by atoms with Crippen molar-refractivity contribution in [3.8, 4) is 11.8 Å². The number of nitrogens with zero attached hydrogens (tertiary/aromatic N) is 4. The van der Waals surface area contributed by atoms with Gasteiger partial charge in [0.1, 0.15) is 23.5 Å². The minimum Gasteiger partial charge on any atom is -0.488 e. The Morgan fingerprint density at radius 3 is 2.68 bits per heavy atom. The molecule has 0 saturated carbocycles.